The van der Waals surface area contributed by atoms with E-state index in [-0.39, 0.29) is 63.3 Å². The van der Waals surface area contributed by atoms with Crippen LogP contribution in [0.3, 0.4) is 0 Å². The third-order valence-corrected chi connectivity index (χ3v) is 6.27. The molecule has 12 heteroatoms. The molecule has 3 atom stereocenters. The summed E-state index contributed by atoms with van der Waals surface area (Å²) in [6, 6.07) is 0. The van der Waals surface area contributed by atoms with Gasteiger partial charge < -0.3 is 14.0 Å². The van der Waals surface area contributed by atoms with E-state index in [0.29, 0.717) is 0 Å². The summed E-state index contributed by atoms with van der Waals surface area (Å²) in [7, 11) is -3.91. The molecule has 190 valence electrons. The molecule has 0 heterocycles. The van der Waals surface area contributed by atoms with Gasteiger partial charge in [-0.05, 0) is 24.7 Å². The van der Waals surface area contributed by atoms with E-state index >= 15 is 0 Å². The van der Waals surface area contributed by atoms with Crippen LogP contribution >= 0.6 is 8.69 Å². The van der Waals surface area contributed by atoms with Gasteiger partial charge in [-0.2, -0.15) is 0 Å². The van der Waals surface area contributed by atoms with Gasteiger partial charge >= 0.3 is 50.2 Å². The second-order valence-corrected chi connectivity index (χ2v) is 9.66. The van der Waals surface area contributed by atoms with Gasteiger partial charge in [-0.3, -0.25) is 14.1 Å². The van der Waals surface area contributed by atoms with Crippen LogP contribution < -0.4 is 29.6 Å². The fourth-order valence-electron chi connectivity index (χ4n) is 2.81. The van der Waals surface area contributed by atoms with Crippen molar-refractivity contribution in [1.82, 2.24) is 0 Å². The molecule has 0 rings (SSSR count). The number of carbonyl (C=O) groups is 2. The minimum absolute atomic E-state index is 0. The monoisotopic (exact) mass is 522 g/mol. The fraction of sp³-hybridized carbons (Fsp3) is 0.905. The van der Waals surface area contributed by atoms with Gasteiger partial charge in [-0.25, -0.2) is 13.0 Å². The summed E-state index contributed by atoms with van der Waals surface area (Å²) in [6.07, 6.45) is 6.58. The maximum absolute atomic E-state index is 12.1. The third kappa shape index (κ3) is 21.0. The van der Waals surface area contributed by atoms with Crippen LogP contribution in [0.25, 0.3) is 0 Å². The second kappa shape index (κ2) is 23.6. The Balaban J connectivity index is -0.00000165. The van der Waals surface area contributed by atoms with Gasteiger partial charge in [0.1, 0.15) is 10.1 Å². The Morgan fingerprint density at radius 1 is 0.909 bits per heavy atom. The first-order valence-corrected chi connectivity index (χ1v) is 13.4. The van der Waals surface area contributed by atoms with Gasteiger partial charge in [0.25, 0.3) is 0 Å². The largest absolute Gasteiger partial charge is 1.00 e. The van der Waals surface area contributed by atoms with E-state index in [0.717, 1.165) is 51.4 Å². The van der Waals surface area contributed by atoms with Crippen molar-refractivity contribution < 1.29 is 70.7 Å². The zero-order valence-corrected chi connectivity index (χ0v) is 24.8. The normalized spacial score (nSPS) is 13.6. The molecule has 3 unspecified atom stereocenters. The van der Waals surface area contributed by atoms with Gasteiger partial charge in [0.2, 0.25) is 0 Å². The Morgan fingerprint density at radius 2 is 1.33 bits per heavy atom. The predicted molar refractivity (Wildman–Crippen MR) is 121 cm³/mol. The van der Waals surface area contributed by atoms with Crippen LogP contribution in [0.1, 0.15) is 85.5 Å². The van der Waals surface area contributed by atoms with Crippen molar-refractivity contribution in [3.63, 3.8) is 0 Å². The molecule has 0 fully saturated rings. The molecule has 0 saturated heterocycles. The van der Waals surface area contributed by atoms with Crippen LogP contribution in [-0.2, 0) is 38.3 Å². The van der Waals surface area contributed by atoms with E-state index in [2.05, 4.69) is 18.4 Å². The second-order valence-electron chi connectivity index (χ2n) is 7.59. The Labute approximate surface area is 223 Å². The number of unbranched alkanes of at least 4 members (excludes halogenated alkanes) is 2. The minimum Gasteiger partial charge on any atom is -0.747 e. The Hall–Kier alpha value is -0.0900. The quantitative estimate of drug-likeness (QED) is 0.121. The number of esters is 2. The fourth-order valence-corrected chi connectivity index (χ4v) is 3.46. The zero-order valence-electron chi connectivity index (χ0n) is 21.0. The summed E-state index contributed by atoms with van der Waals surface area (Å²) >= 11 is 0. The zero-order chi connectivity index (χ0) is 25.0. The van der Waals surface area contributed by atoms with Crippen molar-refractivity contribution in [2.45, 2.75) is 90.7 Å². The molecule has 0 saturated carbocycles. The van der Waals surface area contributed by atoms with Crippen LogP contribution in [0.2, 0.25) is 0 Å². The molecule has 0 aliphatic heterocycles. The molecule has 0 aromatic rings. The molecule has 0 spiro atoms. The summed E-state index contributed by atoms with van der Waals surface area (Å²) in [5.74, 6) is -1.74. The Kier molecular flexibility index (Phi) is 26.8. The van der Waals surface area contributed by atoms with E-state index in [9.17, 15) is 22.6 Å². The topological polar surface area (TPSA) is 136 Å². The SMILES string of the molecule is CCCCC(CC)COC(=O)CC(C(=O)OCC(CC)CCCC)S(=O)(=O)[O-].COP=O.[Na+]. The molecule has 0 bridgehead atoms. The summed E-state index contributed by atoms with van der Waals surface area (Å²) in [6.45, 7) is 8.26. The molecule has 0 N–H and O–H groups in total. The standard InChI is InChI=1S/C20H38O7S.CH3O2P.Na/c1-5-9-11-16(7-3)14-26-19(21)13-18(28(23,24)25)20(22)27-15-17(8-4)12-10-6-2;1-3-4-2;/h16-18H,5-15H2,1-4H3,(H,23,24,25);1H3;/q;;+1/p-1. The van der Waals surface area contributed by atoms with Crippen molar-refractivity contribution in [2.24, 2.45) is 11.8 Å². The number of hydrogen-bond acceptors (Lipinski definition) is 9. The molecule has 0 aromatic carbocycles. The molecule has 0 radical (unpaired) electrons. The van der Waals surface area contributed by atoms with Gasteiger partial charge in [-0.15, -0.1) is 0 Å². The first-order valence-electron chi connectivity index (χ1n) is 11.2. The van der Waals surface area contributed by atoms with Crippen LogP contribution in [0.5, 0.6) is 0 Å². The molecular weight excluding hydrogens is 482 g/mol. The van der Waals surface area contributed by atoms with E-state index in [1.165, 1.54) is 7.11 Å². The average Bonchev–Trinajstić information content (AvgIpc) is 2.76. The van der Waals surface area contributed by atoms with Gasteiger partial charge in [0.15, 0.2) is 5.25 Å². The van der Waals surface area contributed by atoms with Crippen molar-refractivity contribution in [3.8, 4) is 0 Å². The van der Waals surface area contributed by atoms with E-state index < -0.39 is 33.7 Å². The summed E-state index contributed by atoms with van der Waals surface area (Å²) in [4.78, 5) is 24.1. The van der Waals surface area contributed by atoms with Crippen LogP contribution in [0, 0.1) is 11.8 Å². The van der Waals surface area contributed by atoms with Crippen molar-refractivity contribution in [1.29, 1.82) is 0 Å². The van der Waals surface area contributed by atoms with Crippen LogP contribution in [0.4, 0.5) is 0 Å². The summed E-state index contributed by atoms with van der Waals surface area (Å²) < 4.78 is 57.6. The Morgan fingerprint density at radius 3 is 1.67 bits per heavy atom. The molecule has 9 nitrogen and oxygen atoms in total. The van der Waals surface area contributed by atoms with Crippen LogP contribution in [-0.4, -0.2) is 50.5 Å². The molecule has 33 heavy (non-hydrogen) atoms. The van der Waals surface area contributed by atoms with Crippen molar-refractivity contribution in [2.75, 3.05) is 20.3 Å². The van der Waals surface area contributed by atoms with Gasteiger partial charge in [-0.1, -0.05) is 66.2 Å². The predicted octanol–water partition coefficient (Wildman–Crippen LogP) is 1.65. The first-order chi connectivity index (χ1) is 15.1. The van der Waals surface area contributed by atoms with Crippen molar-refractivity contribution >= 4 is 30.7 Å². The van der Waals surface area contributed by atoms with Gasteiger partial charge in [0, 0.05) is 7.11 Å². The maximum atomic E-state index is 12.1. The smallest absolute Gasteiger partial charge is 0.747 e. The van der Waals surface area contributed by atoms with Crippen molar-refractivity contribution in [3.05, 3.63) is 0 Å². The maximum Gasteiger partial charge on any atom is 1.00 e. The summed E-state index contributed by atoms with van der Waals surface area (Å²) in [5, 5.41) is -2.06. The average molecular weight is 523 g/mol. The molecule has 0 aliphatic carbocycles. The first kappa shape index (κ1) is 37.5. The molecular formula is C21H40NaO9PS. The number of rotatable bonds is 17. The van der Waals surface area contributed by atoms with E-state index in [1.54, 1.807) is 0 Å². The number of carbonyl (C=O) groups excluding carboxylic acids is 2. The van der Waals surface area contributed by atoms with E-state index in [4.69, 9.17) is 14.0 Å². The third-order valence-electron chi connectivity index (χ3n) is 5.07. The van der Waals surface area contributed by atoms with Crippen LogP contribution in [0.15, 0.2) is 0 Å². The Bertz CT molecular complexity index is 617. The molecule has 0 amide bonds. The number of ether oxygens (including phenoxy) is 2. The van der Waals surface area contributed by atoms with E-state index in [1.807, 2.05) is 13.8 Å². The minimum atomic E-state index is -5.01. The molecule has 0 aromatic heterocycles. The number of hydrogen-bond donors (Lipinski definition) is 0. The van der Waals surface area contributed by atoms with Gasteiger partial charge in [0.05, 0.1) is 19.6 Å². The summed E-state index contributed by atoms with van der Waals surface area (Å²) in [5.41, 5.74) is 0. The molecule has 0 aliphatic rings.